The molecule has 0 saturated carbocycles. The van der Waals surface area contributed by atoms with Gasteiger partial charge in [0.1, 0.15) is 13.2 Å². The molecule has 0 unspecified atom stereocenters. The molecule has 1 aliphatic rings. The highest BCUT2D eigenvalue weighted by atomic mass is 35.5. The first-order valence-electron chi connectivity index (χ1n) is 6.83. The lowest BCUT2D eigenvalue weighted by Crippen LogP contribution is -2.31. The van der Waals surface area contributed by atoms with E-state index in [1.165, 1.54) is 4.90 Å². The molecule has 2 aromatic carbocycles. The number of ether oxygens (including phenoxy) is 2. The third-order valence-electron chi connectivity index (χ3n) is 3.29. The third-order valence-corrected chi connectivity index (χ3v) is 3.53. The monoisotopic (exact) mass is 318 g/mol. The molecule has 0 radical (unpaired) electrons. The molecule has 0 aliphatic carbocycles. The molecule has 2 aromatic rings. The quantitative estimate of drug-likeness (QED) is 0.916. The van der Waals surface area contributed by atoms with Crippen molar-refractivity contribution in [2.45, 2.75) is 0 Å². The van der Waals surface area contributed by atoms with E-state index in [-0.39, 0.29) is 6.03 Å². The zero-order chi connectivity index (χ0) is 15.5. The van der Waals surface area contributed by atoms with Gasteiger partial charge in [-0.05, 0) is 30.3 Å². The highest BCUT2D eigenvalue weighted by Gasteiger charge is 2.16. The van der Waals surface area contributed by atoms with Crippen LogP contribution >= 0.6 is 11.6 Å². The second-order valence-electron chi connectivity index (χ2n) is 4.83. The van der Waals surface area contributed by atoms with Crippen LogP contribution < -0.4 is 19.7 Å². The van der Waals surface area contributed by atoms with Crippen molar-refractivity contribution in [1.82, 2.24) is 0 Å². The van der Waals surface area contributed by atoms with Gasteiger partial charge >= 0.3 is 6.03 Å². The van der Waals surface area contributed by atoms with E-state index in [2.05, 4.69) is 5.32 Å². The Morgan fingerprint density at radius 2 is 1.91 bits per heavy atom. The van der Waals surface area contributed by atoms with E-state index in [4.69, 9.17) is 21.1 Å². The summed E-state index contributed by atoms with van der Waals surface area (Å²) in [7, 11) is 1.69. The minimum atomic E-state index is -0.265. The normalized spacial score (nSPS) is 12.6. The number of rotatable bonds is 2. The number of fused-ring (bicyclic) bond motifs is 1. The summed E-state index contributed by atoms with van der Waals surface area (Å²) < 4.78 is 11.0. The number of carbonyl (C=O) groups is 1. The van der Waals surface area contributed by atoms with Crippen LogP contribution in [0.1, 0.15) is 0 Å². The number of nitrogens with one attached hydrogen (secondary N) is 1. The third kappa shape index (κ3) is 3.09. The summed E-state index contributed by atoms with van der Waals surface area (Å²) in [5.41, 5.74) is 1.35. The number of nitrogens with zero attached hydrogens (tertiary/aromatic N) is 1. The molecular formula is C16H15ClN2O3. The molecule has 0 saturated heterocycles. The molecule has 5 nitrogen and oxygen atoms in total. The number of amides is 2. The van der Waals surface area contributed by atoms with Crippen LogP contribution in [0.15, 0.2) is 42.5 Å². The first-order chi connectivity index (χ1) is 10.6. The largest absolute Gasteiger partial charge is 0.486 e. The fourth-order valence-corrected chi connectivity index (χ4v) is 2.32. The molecule has 22 heavy (non-hydrogen) atoms. The summed E-state index contributed by atoms with van der Waals surface area (Å²) in [4.78, 5) is 13.8. The lowest BCUT2D eigenvalue weighted by molar-refractivity contribution is 0.171. The average molecular weight is 319 g/mol. The van der Waals surface area contributed by atoms with Crippen molar-refractivity contribution in [3.63, 3.8) is 0 Å². The minimum absolute atomic E-state index is 0.265. The van der Waals surface area contributed by atoms with Crippen LogP contribution in [0.5, 0.6) is 11.5 Å². The van der Waals surface area contributed by atoms with Crippen LogP contribution in [0.25, 0.3) is 0 Å². The fourth-order valence-electron chi connectivity index (χ4n) is 2.13. The summed E-state index contributed by atoms with van der Waals surface area (Å²) >= 11 is 5.91. The highest BCUT2D eigenvalue weighted by Crippen LogP contribution is 2.33. The van der Waals surface area contributed by atoms with Crippen molar-refractivity contribution in [3.8, 4) is 11.5 Å². The molecule has 2 amide bonds. The standard InChI is InChI=1S/C16H15ClN2O3/c1-19(16(20)18-12-4-2-3-11(17)9-12)13-5-6-14-15(10-13)22-8-7-21-14/h2-6,9-10H,7-8H2,1H3,(H,18,20). The Labute approximate surface area is 133 Å². The number of halogens is 1. The Kier molecular flexibility index (Phi) is 4.06. The van der Waals surface area contributed by atoms with Crippen LogP contribution in [0.4, 0.5) is 16.2 Å². The Morgan fingerprint density at radius 1 is 1.14 bits per heavy atom. The minimum Gasteiger partial charge on any atom is -0.486 e. The summed E-state index contributed by atoms with van der Waals surface area (Å²) in [6, 6.07) is 12.1. The van der Waals surface area contributed by atoms with Crippen molar-refractivity contribution < 1.29 is 14.3 Å². The van der Waals surface area contributed by atoms with Crippen LogP contribution in [-0.2, 0) is 0 Å². The average Bonchev–Trinajstić information content (AvgIpc) is 2.53. The van der Waals surface area contributed by atoms with Gasteiger partial charge in [-0.25, -0.2) is 4.79 Å². The second kappa shape index (κ2) is 6.15. The van der Waals surface area contributed by atoms with Crippen molar-refractivity contribution in [1.29, 1.82) is 0 Å². The molecule has 0 spiro atoms. The Morgan fingerprint density at radius 3 is 2.68 bits per heavy atom. The highest BCUT2D eigenvalue weighted by molar-refractivity contribution is 6.30. The maximum absolute atomic E-state index is 12.3. The zero-order valence-corrected chi connectivity index (χ0v) is 12.8. The van der Waals surface area contributed by atoms with Crippen molar-refractivity contribution in [2.75, 3.05) is 30.5 Å². The summed E-state index contributed by atoms with van der Waals surface area (Å²) in [6.07, 6.45) is 0. The SMILES string of the molecule is CN(C(=O)Nc1cccc(Cl)c1)c1ccc2c(c1)OCCO2. The molecule has 114 valence electrons. The Balaban J connectivity index is 1.75. The van der Waals surface area contributed by atoms with Crippen molar-refractivity contribution in [2.24, 2.45) is 0 Å². The molecule has 1 aliphatic heterocycles. The van der Waals surface area contributed by atoms with Gasteiger partial charge in [0.05, 0.1) is 0 Å². The van der Waals surface area contributed by atoms with Crippen LogP contribution in [0.3, 0.4) is 0 Å². The van der Waals surface area contributed by atoms with Gasteiger partial charge in [-0.15, -0.1) is 0 Å². The van der Waals surface area contributed by atoms with E-state index < -0.39 is 0 Å². The predicted octanol–water partition coefficient (Wildman–Crippen LogP) is 3.78. The number of carbonyl (C=O) groups excluding carboxylic acids is 1. The molecule has 0 fully saturated rings. The molecule has 1 N–H and O–H groups in total. The van der Waals surface area contributed by atoms with Gasteiger partial charge in [-0.1, -0.05) is 17.7 Å². The van der Waals surface area contributed by atoms with Gasteiger partial charge in [0.2, 0.25) is 0 Å². The van der Waals surface area contributed by atoms with Crippen LogP contribution in [0, 0.1) is 0 Å². The molecule has 3 rings (SSSR count). The maximum atomic E-state index is 12.3. The predicted molar refractivity (Wildman–Crippen MR) is 86.3 cm³/mol. The lowest BCUT2D eigenvalue weighted by Gasteiger charge is -2.22. The number of hydrogen-bond acceptors (Lipinski definition) is 3. The van der Waals surface area contributed by atoms with Gasteiger partial charge < -0.3 is 14.8 Å². The molecule has 6 heteroatoms. The number of anilines is 2. The van der Waals surface area contributed by atoms with E-state index in [9.17, 15) is 4.79 Å². The van der Waals surface area contributed by atoms with Gasteiger partial charge in [-0.3, -0.25) is 4.90 Å². The van der Waals surface area contributed by atoms with Gasteiger partial charge in [-0.2, -0.15) is 0 Å². The number of urea groups is 1. The Bertz CT molecular complexity index is 706. The van der Waals surface area contributed by atoms with Crippen LogP contribution in [0.2, 0.25) is 5.02 Å². The van der Waals surface area contributed by atoms with E-state index in [0.29, 0.717) is 41.1 Å². The summed E-state index contributed by atoms with van der Waals surface area (Å²) in [5, 5.41) is 3.36. The molecule has 0 bridgehead atoms. The van der Waals surface area contributed by atoms with E-state index >= 15 is 0 Å². The number of benzene rings is 2. The van der Waals surface area contributed by atoms with E-state index in [1.807, 2.05) is 6.07 Å². The molecule has 1 heterocycles. The van der Waals surface area contributed by atoms with Gasteiger partial charge in [0.15, 0.2) is 11.5 Å². The topological polar surface area (TPSA) is 50.8 Å². The zero-order valence-electron chi connectivity index (χ0n) is 12.0. The molecule has 0 aromatic heterocycles. The van der Waals surface area contributed by atoms with Gasteiger partial charge in [0, 0.05) is 29.5 Å². The summed E-state index contributed by atoms with van der Waals surface area (Å²) in [5.74, 6) is 1.34. The first kappa shape index (κ1) is 14.5. The van der Waals surface area contributed by atoms with Crippen molar-refractivity contribution >= 4 is 29.0 Å². The van der Waals surface area contributed by atoms with Crippen molar-refractivity contribution in [3.05, 3.63) is 47.5 Å². The summed E-state index contributed by atoms with van der Waals surface area (Å²) in [6.45, 7) is 1.05. The second-order valence-corrected chi connectivity index (χ2v) is 5.26. The number of hydrogen-bond donors (Lipinski definition) is 1. The van der Waals surface area contributed by atoms with Crippen LogP contribution in [-0.4, -0.2) is 26.3 Å². The molecular weight excluding hydrogens is 304 g/mol. The van der Waals surface area contributed by atoms with Gasteiger partial charge in [0.25, 0.3) is 0 Å². The lowest BCUT2D eigenvalue weighted by atomic mass is 10.2. The smallest absolute Gasteiger partial charge is 0.326 e. The van der Waals surface area contributed by atoms with E-state index in [0.717, 1.165) is 0 Å². The fraction of sp³-hybridized carbons (Fsp3) is 0.188. The first-order valence-corrected chi connectivity index (χ1v) is 7.21. The molecule has 0 atom stereocenters. The van der Waals surface area contributed by atoms with E-state index in [1.54, 1.807) is 43.4 Å². The maximum Gasteiger partial charge on any atom is 0.326 e. The Hall–Kier alpha value is -2.40.